The van der Waals surface area contributed by atoms with Crippen molar-refractivity contribution in [1.82, 2.24) is 4.98 Å². The molecule has 4 heteroatoms. The summed E-state index contributed by atoms with van der Waals surface area (Å²) in [6.07, 6.45) is 3.26. The maximum atomic E-state index is 12.0. The molecule has 0 N–H and O–H groups in total. The highest BCUT2D eigenvalue weighted by Gasteiger charge is 2.05. The predicted molar refractivity (Wildman–Crippen MR) is 89.2 cm³/mol. The highest BCUT2D eigenvalue weighted by atomic mass is 35.5. The molecule has 2 heterocycles. The summed E-state index contributed by atoms with van der Waals surface area (Å²) in [5, 5.41) is 3.30. The van der Waals surface area contributed by atoms with E-state index in [1.54, 1.807) is 12.1 Å². The van der Waals surface area contributed by atoms with Crippen LogP contribution in [0.5, 0.6) is 0 Å². The molecule has 21 heavy (non-hydrogen) atoms. The molecule has 1 aromatic carbocycles. The number of thiophene rings is 1. The molecule has 3 rings (SSSR count). The fourth-order valence-electron chi connectivity index (χ4n) is 2.05. The number of nitrogens with zero attached hydrogens (tertiary/aromatic N) is 1. The number of carbonyl (C=O) groups is 1. The third-order valence-electron chi connectivity index (χ3n) is 3.13. The molecular weight excluding hydrogens is 302 g/mol. The minimum Gasteiger partial charge on any atom is -0.288 e. The lowest BCUT2D eigenvalue weighted by molar-refractivity contribution is 0.105. The quantitative estimate of drug-likeness (QED) is 0.380. The zero-order valence-electron chi connectivity index (χ0n) is 11.3. The predicted octanol–water partition coefficient (Wildman–Crippen LogP) is 5.15. The van der Waals surface area contributed by atoms with E-state index in [-0.39, 0.29) is 5.78 Å². The fraction of sp³-hybridized carbons (Fsp3) is 0.0588. The second kappa shape index (κ2) is 5.80. The Morgan fingerprint density at radius 3 is 2.90 bits per heavy atom. The molecule has 3 aromatic rings. The van der Waals surface area contributed by atoms with Crippen LogP contribution in [-0.2, 0) is 0 Å². The molecule has 0 amide bonds. The highest BCUT2D eigenvalue weighted by molar-refractivity contribution is 7.12. The SMILES string of the molecule is Cc1ccc2cc(C=CC(=O)c3cccs3)c(Cl)nc2c1. The first-order chi connectivity index (χ1) is 10.1. The molecule has 0 bridgehead atoms. The van der Waals surface area contributed by atoms with Crippen molar-refractivity contribution in [3.05, 3.63) is 69.0 Å². The van der Waals surface area contributed by atoms with Gasteiger partial charge in [0.2, 0.25) is 0 Å². The number of hydrogen-bond acceptors (Lipinski definition) is 3. The molecule has 0 aliphatic rings. The number of pyridine rings is 1. The molecule has 0 radical (unpaired) electrons. The van der Waals surface area contributed by atoms with Crippen LogP contribution in [0, 0.1) is 6.92 Å². The van der Waals surface area contributed by atoms with Crippen molar-refractivity contribution >= 4 is 45.7 Å². The standard InChI is InChI=1S/C17H12ClNOS/c1-11-4-5-12-10-13(17(18)19-14(12)9-11)6-7-15(20)16-3-2-8-21-16/h2-10H,1H3. The van der Waals surface area contributed by atoms with Crippen LogP contribution in [0.4, 0.5) is 0 Å². The summed E-state index contributed by atoms with van der Waals surface area (Å²) < 4.78 is 0. The average Bonchev–Trinajstić information content (AvgIpc) is 2.99. The number of carbonyl (C=O) groups excluding carboxylic acids is 1. The Labute approximate surface area is 131 Å². The Morgan fingerprint density at radius 2 is 2.14 bits per heavy atom. The van der Waals surface area contributed by atoms with E-state index in [1.165, 1.54) is 17.4 Å². The second-order valence-electron chi connectivity index (χ2n) is 4.74. The monoisotopic (exact) mass is 313 g/mol. The highest BCUT2D eigenvalue weighted by Crippen LogP contribution is 2.23. The van der Waals surface area contributed by atoms with Gasteiger partial charge in [-0.3, -0.25) is 4.79 Å². The van der Waals surface area contributed by atoms with Gasteiger partial charge in [0, 0.05) is 10.9 Å². The largest absolute Gasteiger partial charge is 0.288 e. The number of allylic oxidation sites excluding steroid dienone is 1. The van der Waals surface area contributed by atoms with Gasteiger partial charge < -0.3 is 0 Å². The lowest BCUT2D eigenvalue weighted by atomic mass is 10.1. The number of rotatable bonds is 3. The summed E-state index contributed by atoms with van der Waals surface area (Å²) >= 11 is 7.62. The molecule has 0 saturated carbocycles. The third kappa shape index (κ3) is 3.04. The van der Waals surface area contributed by atoms with E-state index in [0.29, 0.717) is 10.0 Å². The number of ketones is 1. The van der Waals surface area contributed by atoms with Crippen molar-refractivity contribution in [2.24, 2.45) is 0 Å². The van der Waals surface area contributed by atoms with Crippen LogP contribution in [0.1, 0.15) is 20.8 Å². The Hall–Kier alpha value is -1.97. The number of fused-ring (bicyclic) bond motifs is 1. The molecule has 0 aliphatic carbocycles. The van der Waals surface area contributed by atoms with Gasteiger partial charge in [-0.2, -0.15) is 0 Å². The average molecular weight is 314 g/mol. The van der Waals surface area contributed by atoms with E-state index in [2.05, 4.69) is 4.98 Å². The Kier molecular flexibility index (Phi) is 3.86. The molecule has 0 aliphatic heterocycles. The Morgan fingerprint density at radius 1 is 1.29 bits per heavy atom. The summed E-state index contributed by atoms with van der Waals surface area (Å²) in [5.41, 5.74) is 2.75. The van der Waals surface area contributed by atoms with Crippen LogP contribution in [0.3, 0.4) is 0 Å². The minimum atomic E-state index is -0.0231. The summed E-state index contributed by atoms with van der Waals surface area (Å²) in [4.78, 5) is 17.1. The van der Waals surface area contributed by atoms with Crippen molar-refractivity contribution < 1.29 is 4.79 Å². The maximum absolute atomic E-state index is 12.0. The Balaban J connectivity index is 1.95. The third-order valence-corrected chi connectivity index (χ3v) is 4.32. The molecule has 104 valence electrons. The molecule has 0 spiro atoms. The molecule has 0 atom stereocenters. The van der Waals surface area contributed by atoms with Gasteiger partial charge >= 0.3 is 0 Å². The number of benzene rings is 1. The van der Waals surface area contributed by atoms with Crippen molar-refractivity contribution in [2.45, 2.75) is 6.92 Å². The fourth-order valence-corrected chi connectivity index (χ4v) is 2.91. The van der Waals surface area contributed by atoms with E-state index >= 15 is 0 Å². The first kappa shape index (κ1) is 14.0. The summed E-state index contributed by atoms with van der Waals surface area (Å²) in [6, 6.07) is 11.6. The smallest absolute Gasteiger partial charge is 0.195 e. The normalized spacial score (nSPS) is 11.3. The number of hydrogen-bond donors (Lipinski definition) is 0. The van der Waals surface area contributed by atoms with E-state index in [0.717, 1.165) is 22.0 Å². The number of halogens is 1. The van der Waals surface area contributed by atoms with Crippen molar-refractivity contribution in [1.29, 1.82) is 0 Å². The van der Waals surface area contributed by atoms with Crippen LogP contribution in [-0.4, -0.2) is 10.8 Å². The summed E-state index contributed by atoms with van der Waals surface area (Å²) in [7, 11) is 0. The second-order valence-corrected chi connectivity index (χ2v) is 6.05. The van der Waals surface area contributed by atoms with E-state index in [4.69, 9.17) is 11.6 Å². The Bertz CT molecular complexity index is 837. The number of aryl methyl sites for hydroxylation is 1. The van der Waals surface area contributed by atoms with Crippen LogP contribution < -0.4 is 0 Å². The van der Waals surface area contributed by atoms with Crippen LogP contribution in [0.2, 0.25) is 5.15 Å². The lowest BCUT2D eigenvalue weighted by Gasteiger charge is -2.03. The molecule has 0 saturated heterocycles. The first-order valence-corrected chi connectivity index (χ1v) is 7.72. The van der Waals surface area contributed by atoms with Gasteiger partial charge in [-0.05, 0) is 48.2 Å². The van der Waals surface area contributed by atoms with Crippen molar-refractivity contribution in [3.8, 4) is 0 Å². The maximum Gasteiger partial charge on any atom is 0.195 e. The van der Waals surface area contributed by atoms with Crippen molar-refractivity contribution in [3.63, 3.8) is 0 Å². The van der Waals surface area contributed by atoms with E-state index in [1.807, 2.05) is 42.6 Å². The summed E-state index contributed by atoms with van der Waals surface area (Å²) in [6.45, 7) is 2.02. The van der Waals surface area contributed by atoms with Crippen LogP contribution in [0.15, 0.2) is 47.9 Å². The zero-order valence-corrected chi connectivity index (χ0v) is 12.9. The molecule has 2 nitrogen and oxygen atoms in total. The topological polar surface area (TPSA) is 30.0 Å². The van der Waals surface area contributed by atoms with E-state index < -0.39 is 0 Å². The minimum absolute atomic E-state index is 0.0231. The van der Waals surface area contributed by atoms with Gasteiger partial charge in [-0.1, -0.05) is 29.8 Å². The van der Waals surface area contributed by atoms with Gasteiger partial charge in [0.1, 0.15) is 5.15 Å². The molecular formula is C17H12ClNOS. The summed E-state index contributed by atoms with van der Waals surface area (Å²) in [5.74, 6) is -0.0231. The van der Waals surface area contributed by atoms with Crippen LogP contribution in [0.25, 0.3) is 17.0 Å². The van der Waals surface area contributed by atoms with Crippen LogP contribution >= 0.6 is 22.9 Å². The lowest BCUT2D eigenvalue weighted by Crippen LogP contribution is -1.90. The molecule has 2 aromatic heterocycles. The van der Waals surface area contributed by atoms with Crippen molar-refractivity contribution in [2.75, 3.05) is 0 Å². The number of aromatic nitrogens is 1. The van der Waals surface area contributed by atoms with Gasteiger partial charge in [0.15, 0.2) is 5.78 Å². The zero-order chi connectivity index (χ0) is 14.8. The van der Waals surface area contributed by atoms with Gasteiger partial charge in [0.05, 0.1) is 10.4 Å². The van der Waals surface area contributed by atoms with Gasteiger partial charge in [-0.15, -0.1) is 11.3 Å². The van der Waals surface area contributed by atoms with Gasteiger partial charge in [0.25, 0.3) is 0 Å². The molecule has 0 unspecified atom stereocenters. The molecule has 0 fully saturated rings. The van der Waals surface area contributed by atoms with E-state index in [9.17, 15) is 4.79 Å². The first-order valence-electron chi connectivity index (χ1n) is 6.46. The van der Waals surface area contributed by atoms with Gasteiger partial charge in [-0.25, -0.2) is 4.98 Å².